The second kappa shape index (κ2) is 7.89. The maximum absolute atomic E-state index is 12.5. The Morgan fingerprint density at radius 1 is 1.16 bits per heavy atom. The zero-order valence-electron chi connectivity index (χ0n) is 14.3. The number of benzene rings is 2. The SMILES string of the molecule is CC[C@H](C)NC(=O)c1cc(NS(=O)(=O)c2ccc(C)cc2)ccc1Cl. The molecule has 25 heavy (non-hydrogen) atoms. The van der Waals surface area contributed by atoms with Gasteiger partial charge in [0.25, 0.3) is 15.9 Å². The van der Waals surface area contributed by atoms with E-state index in [0.29, 0.717) is 0 Å². The average Bonchev–Trinajstić information content (AvgIpc) is 2.56. The number of carbonyl (C=O) groups excluding carboxylic acids is 1. The molecule has 7 heteroatoms. The van der Waals surface area contributed by atoms with Crippen LogP contribution in [0.5, 0.6) is 0 Å². The summed E-state index contributed by atoms with van der Waals surface area (Å²) in [5.74, 6) is -0.337. The highest BCUT2D eigenvalue weighted by atomic mass is 35.5. The van der Waals surface area contributed by atoms with Gasteiger partial charge in [0, 0.05) is 11.7 Å². The zero-order chi connectivity index (χ0) is 18.6. The number of aryl methyl sites for hydroxylation is 1. The molecule has 0 fully saturated rings. The number of anilines is 1. The topological polar surface area (TPSA) is 75.3 Å². The summed E-state index contributed by atoms with van der Waals surface area (Å²) < 4.78 is 27.4. The number of hydrogen-bond donors (Lipinski definition) is 2. The van der Waals surface area contributed by atoms with Crippen molar-refractivity contribution in [2.24, 2.45) is 0 Å². The summed E-state index contributed by atoms with van der Waals surface area (Å²) in [5.41, 5.74) is 1.47. The lowest BCUT2D eigenvalue weighted by Crippen LogP contribution is -2.32. The van der Waals surface area contributed by atoms with Gasteiger partial charge in [-0.3, -0.25) is 9.52 Å². The molecule has 2 rings (SSSR count). The molecule has 2 aromatic rings. The molecule has 2 N–H and O–H groups in total. The lowest BCUT2D eigenvalue weighted by molar-refractivity contribution is 0.0939. The molecular weight excluding hydrogens is 360 g/mol. The lowest BCUT2D eigenvalue weighted by Gasteiger charge is -2.14. The van der Waals surface area contributed by atoms with Crippen LogP contribution in [0.15, 0.2) is 47.4 Å². The van der Waals surface area contributed by atoms with Gasteiger partial charge in [-0.2, -0.15) is 0 Å². The van der Waals surface area contributed by atoms with Gasteiger partial charge in [0.15, 0.2) is 0 Å². The monoisotopic (exact) mass is 380 g/mol. The first-order valence-electron chi connectivity index (χ1n) is 7.93. The van der Waals surface area contributed by atoms with Crippen LogP contribution >= 0.6 is 11.6 Å². The fourth-order valence-electron chi connectivity index (χ4n) is 2.10. The van der Waals surface area contributed by atoms with E-state index < -0.39 is 10.0 Å². The standard InChI is InChI=1S/C18H21ClN2O3S/c1-4-13(3)20-18(22)16-11-14(7-10-17(16)19)21-25(23,24)15-8-5-12(2)6-9-15/h5-11,13,21H,4H2,1-3H3,(H,20,22)/t13-/m0/s1. The molecule has 0 bridgehead atoms. The van der Waals surface area contributed by atoms with Crippen molar-refractivity contribution in [3.8, 4) is 0 Å². The van der Waals surface area contributed by atoms with Gasteiger partial charge in [-0.1, -0.05) is 36.2 Å². The third-order valence-electron chi connectivity index (χ3n) is 3.78. The van der Waals surface area contributed by atoms with Crippen molar-refractivity contribution in [1.29, 1.82) is 0 Å². The van der Waals surface area contributed by atoms with Gasteiger partial charge in [0.05, 0.1) is 15.5 Å². The molecule has 0 saturated heterocycles. The van der Waals surface area contributed by atoms with Gasteiger partial charge in [-0.15, -0.1) is 0 Å². The van der Waals surface area contributed by atoms with E-state index in [4.69, 9.17) is 11.6 Å². The Labute approximate surface area is 153 Å². The van der Waals surface area contributed by atoms with E-state index in [1.165, 1.54) is 30.3 Å². The van der Waals surface area contributed by atoms with Crippen molar-refractivity contribution >= 4 is 33.2 Å². The Bertz CT molecular complexity index is 864. The fraction of sp³-hybridized carbons (Fsp3) is 0.278. The zero-order valence-corrected chi connectivity index (χ0v) is 15.9. The Hall–Kier alpha value is -2.05. The minimum absolute atomic E-state index is 0.00327. The summed E-state index contributed by atoms with van der Waals surface area (Å²) >= 11 is 6.09. The van der Waals surface area contributed by atoms with Crippen molar-refractivity contribution in [1.82, 2.24) is 5.32 Å². The summed E-state index contributed by atoms with van der Waals surface area (Å²) in [4.78, 5) is 12.4. The minimum Gasteiger partial charge on any atom is -0.350 e. The van der Waals surface area contributed by atoms with E-state index in [1.54, 1.807) is 12.1 Å². The van der Waals surface area contributed by atoms with Crippen LogP contribution in [-0.4, -0.2) is 20.4 Å². The molecule has 0 unspecified atom stereocenters. The largest absolute Gasteiger partial charge is 0.350 e. The van der Waals surface area contributed by atoms with E-state index in [2.05, 4.69) is 10.0 Å². The van der Waals surface area contributed by atoms with Gasteiger partial charge in [0.2, 0.25) is 0 Å². The van der Waals surface area contributed by atoms with Crippen molar-refractivity contribution < 1.29 is 13.2 Å². The van der Waals surface area contributed by atoms with Gasteiger partial charge < -0.3 is 5.32 Å². The first kappa shape index (κ1) is 19.3. The number of amides is 1. The molecule has 5 nitrogen and oxygen atoms in total. The quantitative estimate of drug-likeness (QED) is 0.795. The molecule has 0 aliphatic rings. The summed E-state index contributed by atoms with van der Waals surface area (Å²) in [6, 6.07) is 11.0. The van der Waals surface area contributed by atoms with Crippen molar-refractivity contribution in [2.75, 3.05) is 4.72 Å². The molecule has 134 valence electrons. The van der Waals surface area contributed by atoms with Crippen molar-refractivity contribution in [3.05, 3.63) is 58.6 Å². The highest BCUT2D eigenvalue weighted by Gasteiger charge is 2.17. The van der Waals surface area contributed by atoms with Crippen LogP contribution in [0.4, 0.5) is 5.69 Å². The van der Waals surface area contributed by atoms with Gasteiger partial charge in [-0.05, 0) is 50.6 Å². The van der Waals surface area contributed by atoms with Crippen molar-refractivity contribution in [3.63, 3.8) is 0 Å². The molecule has 0 aliphatic heterocycles. The van der Waals surface area contributed by atoms with Crippen LogP contribution < -0.4 is 10.0 Å². The highest BCUT2D eigenvalue weighted by molar-refractivity contribution is 7.92. The molecule has 0 radical (unpaired) electrons. The first-order chi connectivity index (χ1) is 11.7. The molecule has 0 aliphatic carbocycles. The molecule has 1 amide bonds. The van der Waals surface area contributed by atoms with Crippen molar-refractivity contribution in [2.45, 2.75) is 38.1 Å². The Kier molecular flexibility index (Phi) is 6.08. The van der Waals surface area contributed by atoms with Crippen LogP contribution in [0.1, 0.15) is 36.2 Å². The number of sulfonamides is 1. The Balaban J connectivity index is 2.27. The first-order valence-corrected chi connectivity index (χ1v) is 9.79. The molecule has 0 heterocycles. The second-order valence-corrected chi connectivity index (χ2v) is 7.99. The summed E-state index contributed by atoms with van der Waals surface area (Å²) in [6.45, 7) is 5.72. The highest BCUT2D eigenvalue weighted by Crippen LogP contribution is 2.23. The minimum atomic E-state index is -3.74. The van der Waals surface area contributed by atoms with Gasteiger partial charge in [-0.25, -0.2) is 8.42 Å². The van der Waals surface area contributed by atoms with Crippen LogP contribution in [0.25, 0.3) is 0 Å². The third kappa shape index (κ3) is 4.96. The summed E-state index contributed by atoms with van der Waals surface area (Å²) in [6.07, 6.45) is 0.781. The van der Waals surface area contributed by atoms with Crippen LogP contribution in [0.2, 0.25) is 5.02 Å². The van der Waals surface area contributed by atoms with Crippen LogP contribution in [0.3, 0.4) is 0 Å². The molecule has 1 atom stereocenters. The average molecular weight is 381 g/mol. The van der Waals surface area contributed by atoms with E-state index in [1.807, 2.05) is 20.8 Å². The van der Waals surface area contributed by atoms with E-state index in [0.717, 1.165) is 12.0 Å². The second-order valence-electron chi connectivity index (χ2n) is 5.90. The maximum atomic E-state index is 12.5. The molecule has 0 spiro atoms. The lowest BCUT2D eigenvalue weighted by atomic mass is 10.1. The number of rotatable bonds is 6. The predicted molar refractivity (Wildman–Crippen MR) is 101 cm³/mol. The molecule has 0 saturated carbocycles. The number of hydrogen-bond acceptors (Lipinski definition) is 3. The molecule has 2 aromatic carbocycles. The van der Waals surface area contributed by atoms with E-state index >= 15 is 0 Å². The van der Waals surface area contributed by atoms with E-state index in [-0.39, 0.29) is 33.1 Å². The normalized spacial score (nSPS) is 12.5. The Morgan fingerprint density at radius 3 is 2.40 bits per heavy atom. The number of halogens is 1. The predicted octanol–water partition coefficient (Wildman–Crippen LogP) is 3.98. The van der Waals surface area contributed by atoms with Crippen LogP contribution in [0, 0.1) is 6.92 Å². The fourth-order valence-corrected chi connectivity index (χ4v) is 3.35. The van der Waals surface area contributed by atoms with Gasteiger partial charge in [0.1, 0.15) is 0 Å². The Morgan fingerprint density at radius 2 is 1.80 bits per heavy atom. The molecule has 0 aromatic heterocycles. The van der Waals surface area contributed by atoms with Gasteiger partial charge >= 0.3 is 0 Å². The maximum Gasteiger partial charge on any atom is 0.261 e. The molecular formula is C18H21ClN2O3S. The summed E-state index contributed by atoms with van der Waals surface area (Å²) in [7, 11) is -3.74. The third-order valence-corrected chi connectivity index (χ3v) is 5.51. The number of nitrogens with one attached hydrogen (secondary N) is 2. The van der Waals surface area contributed by atoms with E-state index in [9.17, 15) is 13.2 Å². The van der Waals surface area contributed by atoms with Crippen LogP contribution in [-0.2, 0) is 10.0 Å². The number of carbonyl (C=O) groups is 1. The smallest absolute Gasteiger partial charge is 0.261 e. The summed E-state index contributed by atoms with van der Waals surface area (Å²) in [5, 5.41) is 3.08.